The van der Waals surface area contributed by atoms with Crippen molar-refractivity contribution < 1.29 is 22.8 Å². The normalized spacial score (nSPS) is 14.3. The summed E-state index contributed by atoms with van der Waals surface area (Å²) in [5, 5.41) is 3.15. The molecule has 2 amide bonds. The van der Waals surface area contributed by atoms with E-state index in [0.29, 0.717) is 36.9 Å². The van der Waals surface area contributed by atoms with Gasteiger partial charge in [0, 0.05) is 51.2 Å². The predicted molar refractivity (Wildman–Crippen MR) is 121 cm³/mol. The number of hydrogen-bond donors (Lipinski definition) is 1. The molecule has 0 atom stereocenters. The summed E-state index contributed by atoms with van der Waals surface area (Å²) in [6.45, 7) is 5.23. The fourth-order valence-corrected chi connectivity index (χ4v) is 4.44. The summed E-state index contributed by atoms with van der Waals surface area (Å²) in [5.41, 5.74) is 1.09. The van der Waals surface area contributed by atoms with Gasteiger partial charge < -0.3 is 15.1 Å². The van der Waals surface area contributed by atoms with Gasteiger partial charge in [-0.05, 0) is 36.2 Å². The van der Waals surface area contributed by atoms with Gasteiger partial charge in [-0.25, -0.2) is 15.0 Å². The summed E-state index contributed by atoms with van der Waals surface area (Å²) < 4.78 is 38.8. The van der Waals surface area contributed by atoms with E-state index in [0.717, 1.165) is 28.3 Å². The molecule has 34 heavy (non-hydrogen) atoms. The Kier molecular flexibility index (Phi) is 6.51. The number of thiazole rings is 1. The number of amides is 2. The van der Waals surface area contributed by atoms with Gasteiger partial charge in [0.15, 0.2) is 5.01 Å². The molecule has 1 fully saturated rings. The van der Waals surface area contributed by atoms with Crippen LogP contribution >= 0.6 is 11.3 Å². The molecular weight excluding hydrogens is 469 g/mol. The molecule has 0 unspecified atom stereocenters. The quantitative estimate of drug-likeness (QED) is 0.595. The minimum Gasteiger partial charge on any atom is -0.339 e. The standard InChI is InChI=1S/C22H21F3N6O2S/c1-13-9-15(11-16(10-13)28-21-26-4-3-18(29-21)22(23,24)25)17-12-27-19(34-17)20(33)31-7-5-30(6-8-31)14(2)32/h3-4,9-12H,5-8H2,1-2H3,(H,26,28,29). The highest BCUT2D eigenvalue weighted by molar-refractivity contribution is 7.17. The fraction of sp³-hybridized carbons (Fsp3) is 0.318. The van der Waals surface area contributed by atoms with Crippen molar-refractivity contribution in [2.24, 2.45) is 0 Å². The van der Waals surface area contributed by atoms with Gasteiger partial charge in [-0.3, -0.25) is 9.59 Å². The van der Waals surface area contributed by atoms with Crippen LogP contribution in [0.2, 0.25) is 0 Å². The van der Waals surface area contributed by atoms with Crippen molar-refractivity contribution in [1.29, 1.82) is 0 Å². The zero-order valence-corrected chi connectivity index (χ0v) is 19.2. The number of hydrogen-bond acceptors (Lipinski definition) is 7. The molecule has 1 aliphatic rings. The van der Waals surface area contributed by atoms with E-state index >= 15 is 0 Å². The number of piperazine rings is 1. The van der Waals surface area contributed by atoms with Crippen LogP contribution < -0.4 is 5.32 Å². The second kappa shape index (κ2) is 9.37. The van der Waals surface area contributed by atoms with Gasteiger partial charge in [0.1, 0.15) is 5.69 Å². The van der Waals surface area contributed by atoms with Gasteiger partial charge in [0.05, 0.1) is 4.88 Å². The summed E-state index contributed by atoms with van der Waals surface area (Å²) in [5.74, 6) is -0.373. The minimum absolute atomic E-state index is 0.0111. The molecule has 3 aromatic rings. The van der Waals surface area contributed by atoms with Crippen molar-refractivity contribution >= 4 is 34.8 Å². The molecule has 0 spiro atoms. The molecular formula is C22H21F3N6O2S. The molecule has 0 aliphatic carbocycles. The average molecular weight is 491 g/mol. The van der Waals surface area contributed by atoms with Gasteiger partial charge in [0.25, 0.3) is 5.91 Å². The predicted octanol–water partition coefficient (Wildman–Crippen LogP) is 3.98. The second-order valence-electron chi connectivity index (χ2n) is 7.80. The van der Waals surface area contributed by atoms with Gasteiger partial charge in [0.2, 0.25) is 11.9 Å². The highest BCUT2D eigenvalue weighted by atomic mass is 32.1. The molecule has 0 saturated carbocycles. The lowest BCUT2D eigenvalue weighted by Crippen LogP contribution is -2.50. The number of halogens is 3. The maximum Gasteiger partial charge on any atom is 0.433 e. The SMILES string of the molecule is CC(=O)N1CCN(C(=O)c2ncc(-c3cc(C)cc(Nc4nccc(C(F)(F)F)n4)c3)s2)CC1. The summed E-state index contributed by atoms with van der Waals surface area (Å²) in [6.07, 6.45) is -1.92. The third kappa shape index (κ3) is 5.33. The average Bonchev–Trinajstić information content (AvgIpc) is 3.28. The highest BCUT2D eigenvalue weighted by Crippen LogP contribution is 2.32. The van der Waals surface area contributed by atoms with E-state index in [1.165, 1.54) is 18.3 Å². The topological polar surface area (TPSA) is 91.3 Å². The van der Waals surface area contributed by atoms with Crippen molar-refractivity contribution in [1.82, 2.24) is 24.8 Å². The summed E-state index contributed by atoms with van der Waals surface area (Å²) in [4.78, 5) is 40.1. The van der Waals surface area contributed by atoms with E-state index in [2.05, 4.69) is 20.3 Å². The number of carbonyl (C=O) groups is 2. The van der Waals surface area contributed by atoms with Crippen LogP contribution in [0.15, 0.2) is 36.7 Å². The summed E-state index contributed by atoms with van der Waals surface area (Å²) in [6, 6.07) is 6.20. The Balaban J connectivity index is 1.51. The minimum atomic E-state index is -4.57. The van der Waals surface area contributed by atoms with Crippen LogP contribution in [0.4, 0.5) is 24.8 Å². The number of rotatable bonds is 4. The van der Waals surface area contributed by atoms with Crippen molar-refractivity contribution in [2.45, 2.75) is 20.0 Å². The Bertz CT molecular complexity index is 1220. The first-order chi connectivity index (χ1) is 16.1. The van der Waals surface area contributed by atoms with E-state index in [-0.39, 0.29) is 17.8 Å². The van der Waals surface area contributed by atoms with Crippen LogP contribution in [-0.4, -0.2) is 62.7 Å². The Hall–Kier alpha value is -3.54. The smallest absolute Gasteiger partial charge is 0.339 e. The van der Waals surface area contributed by atoms with E-state index < -0.39 is 11.9 Å². The number of nitrogens with one attached hydrogen (secondary N) is 1. The molecule has 8 nitrogen and oxygen atoms in total. The van der Waals surface area contributed by atoms with Crippen molar-refractivity contribution in [2.75, 3.05) is 31.5 Å². The van der Waals surface area contributed by atoms with Gasteiger partial charge in [-0.15, -0.1) is 11.3 Å². The number of anilines is 2. The Morgan fingerprint density at radius 3 is 2.44 bits per heavy atom. The molecule has 2 aromatic heterocycles. The third-order valence-corrected chi connectivity index (χ3v) is 6.30. The highest BCUT2D eigenvalue weighted by Gasteiger charge is 2.32. The first-order valence-corrected chi connectivity index (χ1v) is 11.2. The Morgan fingerprint density at radius 1 is 1.06 bits per heavy atom. The zero-order valence-electron chi connectivity index (χ0n) is 18.4. The summed E-state index contributed by atoms with van der Waals surface area (Å²) >= 11 is 1.23. The molecule has 0 radical (unpaired) electrons. The number of benzene rings is 1. The number of aromatic nitrogens is 3. The van der Waals surface area contributed by atoms with Crippen LogP contribution in [0.25, 0.3) is 10.4 Å². The Labute approximate surface area is 197 Å². The van der Waals surface area contributed by atoms with Gasteiger partial charge in [-0.2, -0.15) is 13.2 Å². The molecule has 12 heteroatoms. The fourth-order valence-electron chi connectivity index (χ4n) is 3.57. The number of aryl methyl sites for hydroxylation is 1. The van der Waals surface area contributed by atoms with Crippen LogP contribution in [0.1, 0.15) is 28.0 Å². The molecule has 1 aliphatic heterocycles. The third-order valence-electron chi connectivity index (χ3n) is 5.26. The van der Waals surface area contributed by atoms with Crippen LogP contribution in [-0.2, 0) is 11.0 Å². The lowest BCUT2D eigenvalue weighted by atomic mass is 10.1. The van der Waals surface area contributed by atoms with E-state index in [4.69, 9.17) is 0 Å². The van der Waals surface area contributed by atoms with Gasteiger partial charge in [-0.1, -0.05) is 6.07 Å². The molecule has 4 rings (SSSR count). The number of carbonyl (C=O) groups excluding carboxylic acids is 2. The van der Waals surface area contributed by atoms with Gasteiger partial charge >= 0.3 is 6.18 Å². The van der Waals surface area contributed by atoms with E-state index in [1.54, 1.807) is 28.1 Å². The molecule has 0 bridgehead atoms. The Morgan fingerprint density at radius 2 is 1.76 bits per heavy atom. The molecule has 178 valence electrons. The molecule has 3 heterocycles. The second-order valence-corrected chi connectivity index (χ2v) is 8.83. The van der Waals surface area contributed by atoms with Crippen molar-refractivity contribution in [3.63, 3.8) is 0 Å². The van der Waals surface area contributed by atoms with E-state index in [1.807, 2.05) is 13.0 Å². The summed E-state index contributed by atoms with van der Waals surface area (Å²) in [7, 11) is 0. The lowest BCUT2D eigenvalue weighted by Gasteiger charge is -2.33. The lowest BCUT2D eigenvalue weighted by molar-refractivity contribution is -0.141. The number of alkyl halides is 3. The number of nitrogens with zero attached hydrogens (tertiary/aromatic N) is 5. The van der Waals surface area contributed by atoms with Crippen molar-refractivity contribution in [3.05, 3.63) is 52.9 Å². The van der Waals surface area contributed by atoms with Crippen LogP contribution in [0.3, 0.4) is 0 Å². The van der Waals surface area contributed by atoms with Crippen LogP contribution in [0, 0.1) is 6.92 Å². The molecule has 1 aromatic carbocycles. The van der Waals surface area contributed by atoms with Crippen molar-refractivity contribution in [3.8, 4) is 10.4 Å². The largest absolute Gasteiger partial charge is 0.433 e. The zero-order chi connectivity index (χ0) is 24.5. The maximum atomic E-state index is 12.9. The first kappa shape index (κ1) is 23.6. The first-order valence-electron chi connectivity index (χ1n) is 10.4. The van der Waals surface area contributed by atoms with E-state index in [9.17, 15) is 22.8 Å². The van der Waals surface area contributed by atoms with Crippen LogP contribution in [0.5, 0.6) is 0 Å². The molecule has 1 N–H and O–H groups in total. The monoisotopic (exact) mass is 490 g/mol. The maximum absolute atomic E-state index is 12.9. The molecule has 1 saturated heterocycles.